The van der Waals surface area contributed by atoms with Crippen LogP contribution in [0.3, 0.4) is 0 Å². The van der Waals surface area contributed by atoms with Gasteiger partial charge in [0.2, 0.25) is 0 Å². The Morgan fingerprint density at radius 2 is 1.95 bits per heavy atom. The van der Waals surface area contributed by atoms with Crippen LogP contribution in [0.25, 0.3) is 0 Å². The maximum Gasteiger partial charge on any atom is 0.417 e. The number of carbonyl (C=O) groups is 1. The molecular weight excluding hydrogens is 287 g/mol. The number of halogens is 3. The quantitative estimate of drug-likeness (QED) is 0.933. The highest BCUT2D eigenvalue weighted by atomic mass is 19.4. The van der Waals surface area contributed by atoms with Crippen molar-refractivity contribution in [1.82, 2.24) is 4.90 Å². The standard InChI is InChI=1S/C14H16F3NO3/c1-18-6-4-9(5-7-18)21-10-2-3-12(14(15,16)17)11(8-10)13(19)20/h2-3,8-9H,4-7H2,1H3,(H,19,20). The summed E-state index contributed by atoms with van der Waals surface area (Å²) in [5.74, 6) is -1.45. The maximum atomic E-state index is 12.7. The summed E-state index contributed by atoms with van der Waals surface area (Å²) in [4.78, 5) is 13.1. The number of hydrogen-bond acceptors (Lipinski definition) is 3. The van der Waals surface area contributed by atoms with Gasteiger partial charge in [0.05, 0.1) is 11.1 Å². The third-order valence-electron chi connectivity index (χ3n) is 3.50. The van der Waals surface area contributed by atoms with Crippen LogP contribution in [-0.2, 0) is 6.18 Å². The summed E-state index contributed by atoms with van der Waals surface area (Å²) >= 11 is 0. The van der Waals surface area contributed by atoms with E-state index < -0.39 is 23.3 Å². The number of carboxylic acids is 1. The average Bonchev–Trinajstić information content (AvgIpc) is 2.40. The lowest BCUT2D eigenvalue weighted by molar-refractivity contribution is -0.138. The molecule has 2 rings (SSSR count). The van der Waals surface area contributed by atoms with Gasteiger partial charge in [-0.2, -0.15) is 13.2 Å². The van der Waals surface area contributed by atoms with Crippen molar-refractivity contribution in [3.05, 3.63) is 29.3 Å². The highest BCUT2D eigenvalue weighted by molar-refractivity contribution is 5.90. The van der Waals surface area contributed by atoms with Crippen molar-refractivity contribution in [3.8, 4) is 5.75 Å². The molecule has 21 heavy (non-hydrogen) atoms. The van der Waals surface area contributed by atoms with Gasteiger partial charge >= 0.3 is 12.1 Å². The van der Waals surface area contributed by atoms with Crippen molar-refractivity contribution in [3.63, 3.8) is 0 Å². The lowest BCUT2D eigenvalue weighted by Gasteiger charge is -2.29. The van der Waals surface area contributed by atoms with E-state index in [0.717, 1.165) is 38.1 Å². The fourth-order valence-electron chi connectivity index (χ4n) is 2.32. The second kappa shape index (κ2) is 5.93. The minimum Gasteiger partial charge on any atom is -0.490 e. The number of carboxylic acid groups (broad SMARTS) is 1. The molecule has 0 bridgehead atoms. The number of alkyl halides is 3. The van der Waals surface area contributed by atoms with Gasteiger partial charge in [0.1, 0.15) is 11.9 Å². The van der Waals surface area contributed by atoms with Crippen molar-refractivity contribution in [2.24, 2.45) is 0 Å². The number of nitrogens with zero attached hydrogens (tertiary/aromatic N) is 1. The van der Waals surface area contributed by atoms with Gasteiger partial charge in [-0.15, -0.1) is 0 Å². The SMILES string of the molecule is CN1CCC(Oc2ccc(C(F)(F)F)c(C(=O)O)c2)CC1. The summed E-state index contributed by atoms with van der Waals surface area (Å²) in [5, 5.41) is 8.93. The maximum absolute atomic E-state index is 12.7. The van der Waals surface area contributed by atoms with Gasteiger partial charge in [0.25, 0.3) is 0 Å². The molecular formula is C14H16F3NO3. The Kier molecular flexibility index (Phi) is 4.41. The summed E-state index contributed by atoms with van der Waals surface area (Å²) < 4.78 is 43.8. The van der Waals surface area contributed by atoms with Crippen molar-refractivity contribution in [2.45, 2.75) is 25.1 Å². The minimum absolute atomic E-state index is 0.0976. The molecule has 0 aromatic heterocycles. The summed E-state index contributed by atoms with van der Waals surface area (Å²) in [6.45, 7) is 1.69. The van der Waals surface area contributed by atoms with Gasteiger partial charge in [-0.25, -0.2) is 4.79 Å². The Hall–Kier alpha value is -1.76. The predicted octanol–water partition coefficient (Wildman–Crippen LogP) is 2.88. The van der Waals surface area contributed by atoms with Crippen LogP contribution in [0.15, 0.2) is 18.2 Å². The van der Waals surface area contributed by atoms with Crippen LogP contribution >= 0.6 is 0 Å². The molecule has 1 aliphatic heterocycles. The second-order valence-corrected chi connectivity index (χ2v) is 5.13. The van der Waals surface area contributed by atoms with Crippen molar-refractivity contribution >= 4 is 5.97 Å². The molecule has 0 unspecified atom stereocenters. The van der Waals surface area contributed by atoms with E-state index in [0.29, 0.717) is 0 Å². The number of piperidine rings is 1. The van der Waals surface area contributed by atoms with Crippen LogP contribution in [-0.4, -0.2) is 42.2 Å². The molecule has 1 aromatic rings. The number of ether oxygens (including phenoxy) is 1. The fraction of sp³-hybridized carbons (Fsp3) is 0.500. The zero-order valence-corrected chi connectivity index (χ0v) is 11.5. The molecule has 1 heterocycles. The van der Waals surface area contributed by atoms with Gasteiger partial charge < -0.3 is 14.7 Å². The Balaban J connectivity index is 2.18. The molecule has 0 amide bonds. The average molecular weight is 303 g/mol. The van der Waals surface area contributed by atoms with Gasteiger partial charge in [-0.05, 0) is 38.1 Å². The van der Waals surface area contributed by atoms with Crippen LogP contribution in [0.2, 0.25) is 0 Å². The number of hydrogen-bond donors (Lipinski definition) is 1. The van der Waals surface area contributed by atoms with Crippen molar-refractivity contribution in [1.29, 1.82) is 0 Å². The highest BCUT2D eigenvalue weighted by Gasteiger charge is 2.35. The van der Waals surface area contributed by atoms with Crippen LogP contribution in [0.4, 0.5) is 13.2 Å². The van der Waals surface area contributed by atoms with E-state index in [4.69, 9.17) is 9.84 Å². The van der Waals surface area contributed by atoms with Crippen LogP contribution in [0.1, 0.15) is 28.8 Å². The van der Waals surface area contributed by atoms with Gasteiger partial charge in [0, 0.05) is 13.1 Å². The lowest BCUT2D eigenvalue weighted by atomic mass is 10.1. The molecule has 116 valence electrons. The summed E-state index contributed by atoms with van der Waals surface area (Å²) in [5.41, 5.74) is -1.95. The Labute approximate surface area is 120 Å². The molecule has 1 N–H and O–H groups in total. The molecule has 0 saturated carbocycles. The number of likely N-dealkylation sites (tertiary alicyclic amines) is 1. The van der Waals surface area contributed by atoms with Gasteiger partial charge in [-0.3, -0.25) is 0 Å². The fourth-order valence-corrected chi connectivity index (χ4v) is 2.32. The molecule has 4 nitrogen and oxygen atoms in total. The largest absolute Gasteiger partial charge is 0.490 e. The van der Waals surface area contributed by atoms with E-state index in [1.807, 2.05) is 7.05 Å². The molecule has 1 fully saturated rings. The van der Waals surface area contributed by atoms with Gasteiger partial charge in [0.15, 0.2) is 0 Å². The van der Waals surface area contributed by atoms with E-state index in [9.17, 15) is 18.0 Å². The molecule has 1 saturated heterocycles. The minimum atomic E-state index is -4.69. The molecule has 0 spiro atoms. The number of aromatic carboxylic acids is 1. The first kappa shape index (κ1) is 15.6. The summed E-state index contributed by atoms with van der Waals surface area (Å²) in [6, 6.07) is 2.88. The van der Waals surface area contributed by atoms with Crippen LogP contribution in [0, 0.1) is 0 Å². The smallest absolute Gasteiger partial charge is 0.417 e. The Morgan fingerprint density at radius 1 is 1.33 bits per heavy atom. The molecule has 0 radical (unpaired) electrons. The predicted molar refractivity (Wildman–Crippen MR) is 69.6 cm³/mol. The van der Waals surface area contributed by atoms with Crippen molar-refractivity contribution in [2.75, 3.05) is 20.1 Å². The molecule has 1 aliphatic rings. The molecule has 0 aliphatic carbocycles. The lowest BCUT2D eigenvalue weighted by Crippen LogP contribution is -2.35. The Bertz CT molecular complexity index is 523. The zero-order chi connectivity index (χ0) is 15.6. The van der Waals surface area contributed by atoms with Crippen LogP contribution in [0.5, 0.6) is 5.75 Å². The topological polar surface area (TPSA) is 49.8 Å². The molecule has 0 atom stereocenters. The number of benzene rings is 1. The van der Waals surface area contributed by atoms with E-state index in [2.05, 4.69) is 4.90 Å². The first-order valence-corrected chi connectivity index (χ1v) is 6.57. The van der Waals surface area contributed by atoms with Crippen LogP contribution < -0.4 is 4.74 Å². The molecule has 1 aromatic carbocycles. The van der Waals surface area contributed by atoms with Crippen molar-refractivity contribution < 1.29 is 27.8 Å². The third kappa shape index (κ3) is 3.87. The normalized spacial score (nSPS) is 17.7. The first-order valence-electron chi connectivity index (χ1n) is 6.57. The highest BCUT2D eigenvalue weighted by Crippen LogP contribution is 2.34. The zero-order valence-electron chi connectivity index (χ0n) is 11.5. The number of rotatable bonds is 3. The van der Waals surface area contributed by atoms with Gasteiger partial charge in [-0.1, -0.05) is 0 Å². The monoisotopic (exact) mass is 303 g/mol. The third-order valence-corrected chi connectivity index (χ3v) is 3.50. The summed E-state index contributed by atoms with van der Waals surface area (Å²) in [7, 11) is 1.98. The Morgan fingerprint density at radius 3 is 2.48 bits per heavy atom. The molecule has 7 heteroatoms. The van der Waals surface area contributed by atoms with E-state index in [1.54, 1.807) is 0 Å². The van der Waals surface area contributed by atoms with E-state index >= 15 is 0 Å². The van der Waals surface area contributed by atoms with E-state index in [1.165, 1.54) is 6.07 Å². The summed E-state index contributed by atoms with van der Waals surface area (Å²) in [6.07, 6.45) is -3.26. The van der Waals surface area contributed by atoms with E-state index in [-0.39, 0.29) is 11.9 Å². The first-order chi connectivity index (χ1) is 9.77. The second-order valence-electron chi connectivity index (χ2n) is 5.13.